The average Bonchev–Trinajstić information content (AvgIpc) is 2.36. The van der Waals surface area contributed by atoms with Gasteiger partial charge in [0.05, 0.1) is 0 Å². The highest BCUT2D eigenvalue weighted by molar-refractivity contribution is 7.89. The fourth-order valence-corrected chi connectivity index (χ4v) is 2.01. The predicted molar refractivity (Wildman–Crippen MR) is 72.3 cm³/mol. The molecule has 0 aliphatic heterocycles. The van der Waals surface area contributed by atoms with Gasteiger partial charge in [0, 0.05) is 26.3 Å². The Kier molecular flexibility index (Phi) is 5.06. The van der Waals surface area contributed by atoms with E-state index in [9.17, 15) is 8.42 Å². The fourth-order valence-electron chi connectivity index (χ4n) is 1.34. The van der Waals surface area contributed by atoms with Crippen LogP contribution in [-0.2, 0) is 10.0 Å². The summed E-state index contributed by atoms with van der Waals surface area (Å²) in [6.45, 7) is 1.74. The lowest BCUT2D eigenvalue weighted by molar-refractivity contribution is 0.416. The van der Waals surface area contributed by atoms with E-state index in [0.29, 0.717) is 0 Å². The molecule has 6 nitrogen and oxygen atoms in total. The van der Waals surface area contributed by atoms with Crippen LogP contribution in [0.15, 0.2) is 23.2 Å². The first kappa shape index (κ1) is 14.9. The third kappa shape index (κ3) is 3.94. The van der Waals surface area contributed by atoms with Crippen molar-refractivity contribution < 1.29 is 8.42 Å². The van der Waals surface area contributed by atoms with Crippen molar-refractivity contribution in [2.45, 2.75) is 4.90 Å². The maximum atomic E-state index is 11.5. The molecular formula is C11H20N4O2S. The Morgan fingerprint density at radius 3 is 2.33 bits per heavy atom. The molecule has 0 aliphatic rings. The molecule has 0 saturated carbocycles. The van der Waals surface area contributed by atoms with E-state index < -0.39 is 10.0 Å². The highest BCUT2D eigenvalue weighted by Crippen LogP contribution is 2.12. The van der Waals surface area contributed by atoms with E-state index in [4.69, 9.17) is 0 Å². The molecular weight excluding hydrogens is 252 g/mol. The molecule has 1 heterocycles. The summed E-state index contributed by atoms with van der Waals surface area (Å²) in [6, 6.07) is 3.26. The minimum absolute atomic E-state index is 0.176. The van der Waals surface area contributed by atoms with Gasteiger partial charge in [0.1, 0.15) is 10.7 Å². The smallest absolute Gasteiger partial charge is 0.241 e. The number of nitrogens with zero attached hydrogens (tertiary/aromatic N) is 3. The quantitative estimate of drug-likeness (QED) is 0.789. The van der Waals surface area contributed by atoms with E-state index in [1.165, 1.54) is 13.2 Å². The van der Waals surface area contributed by atoms with Gasteiger partial charge in [-0.1, -0.05) is 0 Å². The van der Waals surface area contributed by atoms with Crippen LogP contribution in [-0.4, -0.2) is 59.6 Å². The van der Waals surface area contributed by atoms with Crippen LogP contribution in [0.2, 0.25) is 0 Å². The van der Waals surface area contributed by atoms with Gasteiger partial charge in [0.25, 0.3) is 0 Å². The lowest BCUT2D eigenvalue weighted by Gasteiger charge is -2.20. The molecule has 0 saturated heterocycles. The van der Waals surface area contributed by atoms with Crippen LogP contribution in [0.4, 0.5) is 5.82 Å². The molecule has 0 bridgehead atoms. The van der Waals surface area contributed by atoms with Crippen LogP contribution >= 0.6 is 0 Å². The summed E-state index contributed by atoms with van der Waals surface area (Å²) >= 11 is 0. The Balaban J connectivity index is 2.77. The molecule has 0 fully saturated rings. The van der Waals surface area contributed by atoms with Gasteiger partial charge in [0.15, 0.2) is 0 Å². The molecule has 7 heteroatoms. The summed E-state index contributed by atoms with van der Waals surface area (Å²) in [6.07, 6.45) is 1.37. The van der Waals surface area contributed by atoms with Crippen molar-refractivity contribution in [1.29, 1.82) is 0 Å². The molecule has 0 unspecified atom stereocenters. The summed E-state index contributed by atoms with van der Waals surface area (Å²) in [5.41, 5.74) is 0. The summed E-state index contributed by atoms with van der Waals surface area (Å²) in [7, 11) is 3.91. The maximum Gasteiger partial charge on any atom is 0.241 e. The van der Waals surface area contributed by atoms with E-state index in [0.717, 1.165) is 18.9 Å². The number of sulfonamides is 1. The second kappa shape index (κ2) is 6.12. The molecule has 18 heavy (non-hydrogen) atoms. The number of rotatable bonds is 6. The molecule has 0 amide bonds. The van der Waals surface area contributed by atoms with E-state index >= 15 is 0 Å². The van der Waals surface area contributed by atoms with Crippen molar-refractivity contribution in [1.82, 2.24) is 14.6 Å². The average molecular weight is 272 g/mol. The third-order valence-electron chi connectivity index (χ3n) is 2.57. The predicted octanol–water partition coefficient (Wildman–Crippen LogP) is -0.0125. The SMILES string of the molecule is CNS(=O)(=O)c1ccc(N(C)CCN(C)C)nc1. The van der Waals surface area contributed by atoms with Gasteiger partial charge in [-0.05, 0) is 33.3 Å². The lowest BCUT2D eigenvalue weighted by atomic mass is 10.4. The Morgan fingerprint density at radius 1 is 1.22 bits per heavy atom. The van der Waals surface area contributed by atoms with E-state index in [1.54, 1.807) is 12.1 Å². The number of hydrogen-bond donors (Lipinski definition) is 1. The van der Waals surface area contributed by atoms with Crippen molar-refractivity contribution in [3.05, 3.63) is 18.3 Å². The summed E-state index contributed by atoms with van der Waals surface area (Å²) < 4.78 is 25.3. The summed E-state index contributed by atoms with van der Waals surface area (Å²) in [5.74, 6) is 0.756. The highest BCUT2D eigenvalue weighted by Gasteiger charge is 2.12. The molecule has 0 aliphatic carbocycles. The maximum absolute atomic E-state index is 11.5. The minimum Gasteiger partial charge on any atom is -0.358 e. The Labute approximate surface area is 109 Å². The first-order chi connectivity index (χ1) is 8.36. The first-order valence-corrected chi connectivity index (χ1v) is 7.10. The molecule has 102 valence electrons. The molecule has 1 aromatic heterocycles. The Bertz CT molecular complexity index is 470. The fraction of sp³-hybridized carbons (Fsp3) is 0.545. The minimum atomic E-state index is -3.41. The lowest BCUT2D eigenvalue weighted by Crippen LogP contribution is -2.29. The first-order valence-electron chi connectivity index (χ1n) is 5.62. The van der Waals surface area contributed by atoms with Crippen molar-refractivity contribution in [2.24, 2.45) is 0 Å². The Morgan fingerprint density at radius 2 is 1.89 bits per heavy atom. The van der Waals surface area contributed by atoms with Gasteiger partial charge in [-0.2, -0.15) is 0 Å². The number of nitrogens with one attached hydrogen (secondary N) is 1. The number of likely N-dealkylation sites (N-methyl/N-ethyl adjacent to an activating group) is 2. The van der Waals surface area contributed by atoms with Gasteiger partial charge in [-0.15, -0.1) is 0 Å². The van der Waals surface area contributed by atoms with Gasteiger partial charge in [0.2, 0.25) is 10.0 Å². The van der Waals surface area contributed by atoms with Crippen molar-refractivity contribution >= 4 is 15.8 Å². The van der Waals surface area contributed by atoms with Gasteiger partial charge < -0.3 is 9.80 Å². The third-order valence-corrected chi connectivity index (χ3v) is 3.97. The van der Waals surface area contributed by atoms with Crippen LogP contribution in [0, 0.1) is 0 Å². The number of aromatic nitrogens is 1. The van der Waals surface area contributed by atoms with Crippen molar-refractivity contribution in [3.63, 3.8) is 0 Å². The highest BCUT2D eigenvalue weighted by atomic mass is 32.2. The van der Waals surface area contributed by atoms with Crippen LogP contribution in [0.5, 0.6) is 0 Å². The van der Waals surface area contributed by atoms with Crippen LogP contribution in [0.3, 0.4) is 0 Å². The molecule has 0 radical (unpaired) electrons. The standard InChI is InChI=1S/C11H20N4O2S/c1-12-18(16,17)10-5-6-11(13-9-10)15(4)8-7-14(2)3/h5-6,9,12H,7-8H2,1-4H3. The molecule has 1 rings (SSSR count). The molecule has 0 atom stereocenters. The number of pyridine rings is 1. The van der Waals surface area contributed by atoms with E-state index in [2.05, 4.69) is 14.6 Å². The Hall–Kier alpha value is -1.18. The summed E-state index contributed by atoms with van der Waals surface area (Å²) in [4.78, 5) is 8.40. The van der Waals surface area contributed by atoms with Gasteiger partial charge >= 0.3 is 0 Å². The summed E-state index contributed by atoms with van der Waals surface area (Å²) in [5, 5.41) is 0. The zero-order chi connectivity index (χ0) is 13.8. The normalized spacial score (nSPS) is 11.8. The van der Waals surface area contributed by atoms with Crippen LogP contribution in [0.25, 0.3) is 0 Å². The van der Waals surface area contributed by atoms with Crippen molar-refractivity contribution in [3.8, 4) is 0 Å². The zero-order valence-electron chi connectivity index (χ0n) is 11.2. The van der Waals surface area contributed by atoms with Crippen LogP contribution in [0.1, 0.15) is 0 Å². The van der Waals surface area contributed by atoms with Crippen molar-refractivity contribution in [2.75, 3.05) is 46.2 Å². The molecule has 0 spiro atoms. The topological polar surface area (TPSA) is 65.5 Å². The molecule has 1 aromatic rings. The number of anilines is 1. The molecule has 0 aromatic carbocycles. The number of hydrogen-bond acceptors (Lipinski definition) is 5. The second-order valence-electron chi connectivity index (χ2n) is 4.28. The zero-order valence-corrected chi connectivity index (χ0v) is 12.0. The second-order valence-corrected chi connectivity index (χ2v) is 6.17. The molecule has 1 N–H and O–H groups in total. The largest absolute Gasteiger partial charge is 0.358 e. The van der Waals surface area contributed by atoms with Gasteiger partial charge in [-0.3, -0.25) is 0 Å². The van der Waals surface area contributed by atoms with E-state index in [1.807, 2.05) is 26.0 Å². The van der Waals surface area contributed by atoms with Crippen LogP contribution < -0.4 is 9.62 Å². The van der Waals surface area contributed by atoms with E-state index in [-0.39, 0.29) is 4.90 Å². The monoisotopic (exact) mass is 272 g/mol. The van der Waals surface area contributed by atoms with Gasteiger partial charge in [-0.25, -0.2) is 18.1 Å².